The minimum absolute atomic E-state index is 0.0117. The molecule has 0 radical (unpaired) electrons. The van der Waals surface area contributed by atoms with Crippen LogP contribution in [0.2, 0.25) is 0 Å². The molecular weight excluding hydrogens is 469 g/mol. The van der Waals surface area contributed by atoms with Gasteiger partial charge in [0.25, 0.3) is 10.0 Å². The van der Waals surface area contributed by atoms with E-state index in [-0.39, 0.29) is 17.1 Å². The lowest BCUT2D eigenvalue weighted by atomic mass is 10.2. The number of rotatable bonds is 11. The molecule has 0 aliphatic rings. The zero-order chi connectivity index (χ0) is 25.4. The second kappa shape index (κ2) is 11.7. The lowest BCUT2D eigenvalue weighted by Gasteiger charge is -2.24. The molecule has 0 atom stereocenters. The van der Waals surface area contributed by atoms with Crippen molar-refractivity contribution in [3.63, 3.8) is 0 Å². The van der Waals surface area contributed by atoms with E-state index in [4.69, 9.17) is 4.74 Å². The van der Waals surface area contributed by atoms with Crippen molar-refractivity contribution in [1.29, 1.82) is 0 Å². The van der Waals surface area contributed by atoms with E-state index >= 15 is 0 Å². The normalized spacial score (nSPS) is 11.1. The van der Waals surface area contributed by atoms with Gasteiger partial charge in [-0.1, -0.05) is 12.1 Å². The molecule has 0 aliphatic heterocycles. The third-order valence-corrected chi connectivity index (χ3v) is 7.39. The van der Waals surface area contributed by atoms with Crippen molar-refractivity contribution in [2.75, 3.05) is 35.9 Å². The number of benzene rings is 3. The van der Waals surface area contributed by atoms with Gasteiger partial charge in [0.2, 0.25) is 5.91 Å². The SMILES string of the molecule is CCN(CC)c1ccc(CNC(=O)CN(c2ccc(F)cc2)S(=O)(=O)c2ccc(OC)cc2)cc1. The van der Waals surface area contributed by atoms with Crippen molar-refractivity contribution in [3.8, 4) is 5.75 Å². The van der Waals surface area contributed by atoms with E-state index in [1.54, 1.807) is 0 Å². The summed E-state index contributed by atoms with van der Waals surface area (Å²) in [6.45, 7) is 5.76. The first-order valence-electron chi connectivity index (χ1n) is 11.3. The van der Waals surface area contributed by atoms with Gasteiger partial charge in [-0.05, 0) is 80.1 Å². The van der Waals surface area contributed by atoms with Gasteiger partial charge in [-0.3, -0.25) is 9.10 Å². The van der Waals surface area contributed by atoms with Gasteiger partial charge in [0.1, 0.15) is 18.1 Å². The highest BCUT2D eigenvalue weighted by molar-refractivity contribution is 7.92. The molecule has 0 fully saturated rings. The van der Waals surface area contributed by atoms with Gasteiger partial charge in [-0.25, -0.2) is 12.8 Å². The Morgan fingerprint density at radius 3 is 2.00 bits per heavy atom. The third-order valence-electron chi connectivity index (χ3n) is 5.60. The molecule has 186 valence electrons. The maximum Gasteiger partial charge on any atom is 0.264 e. The van der Waals surface area contributed by atoms with Crippen molar-refractivity contribution in [1.82, 2.24) is 5.32 Å². The first-order chi connectivity index (χ1) is 16.8. The fraction of sp³-hybridized carbons (Fsp3) is 0.269. The van der Waals surface area contributed by atoms with Crippen molar-refractivity contribution in [3.05, 3.63) is 84.2 Å². The van der Waals surface area contributed by atoms with Gasteiger partial charge < -0.3 is 15.0 Å². The zero-order valence-electron chi connectivity index (χ0n) is 20.1. The van der Waals surface area contributed by atoms with E-state index in [1.165, 1.54) is 43.5 Å². The fourth-order valence-corrected chi connectivity index (χ4v) is 5.02. The number of halogens is 1. The molecule has 0 spiro atoms. The van der Waals surface area contributed by atoms with Gasteiger partial charge in [0, 0.05) is 25.3 Å². The van der Waals surface area contributed by atoms with E-state index in [0.717, 1.165) is 40.8 Å². The summed E-state index contributed by atoms with van der Waals surface area (Å²) in [5.74, 6) is -0.491. The van der Waals surface area contributed by atoms with Crippen LogP contribution in [0.25, 0.3) is 0 Å². The quantitative estimate of drug-likeness (QED) is 0.428. The van der Waals surface area contributed by atoms with E-state index in [1.807, 2.05) is 24.3 Å². The van der Waals surface area contributed by atoms with E-state index in [0.29, 0.717) is 5.75 Å². The molecule has 35 heavy (non-hydrogen) atoms. The van der Waals surface area contributed by atoms with Crippen LogP contribution in [0.4, 0.5) is 15.8 Å². The summed E-state index contributed by atoms with van der Waals surface area (Å²) in [5.41, 5.74) is 2.17. The van der Waals surface area contributed by atoms with E-state index < -0.39 is 28.3 Å². The number of hydrogen-bond acceptors (Lipinski definition) is 5. The number of hydrogen-bond donors (Lipinski definition) is 1. The predicted molar refractivity (Wildman–Crippen MR) is 136 cm³/mol. The Morgan fingerprint density at radius 1 is 0.886 bits per heavy atom. The second-order valence-electron chi connectivity index (χ2n) is 7.78. The molecule has 9 heteroatoms. The van der Waals surface area contributed by atoms with Gasteiger partial charge in [-0.2, -0.15) is 0 Å². The fourth-order valence-electron chi connectivity index (χ4n) is 3.60. The Hall–Kier alpha value is -3.59. The number of carbonyl (C=O) groups excluding carboxylic acids is 1. The number of methoxy groups -OCH3 is 1. The van der Waals surface area contributed by atoms with Crippen molar-refractivity contribution in [2.45, 2.75) is 25.3 Å². The van der Waals surface area contributed by atoms with Crippen LogP contribution >= 0.6 is 0 Å². The monoisotopic (exact) mass is 499 g/mol. The molecule has 3 rings (SSSR count). The highest BCUT2D eigenvalue weighted by Gasteiger charge is 2.27. The number of anilines is 2. The minimum Gasteiger partial charge on any atom is -0.497 e. The molecule has 1 N–H and O–H groups in total. The maximum absolute atomic E-state index is 13.5. The van der Waals surface area contributed by atoms with Crippen LogP contribution in [-0.4, -0.2) is 41.1 Å². The standard InChI is InChI=1S/C26H30FN3O4S/c1-4-29(5-2)22-10-6-20(7-11-22)18-28-26(31)19-30(23-12-8-21(27)9-13-23)35(32,33)25-16-14-24(34-3)15-17-25/h6-17H,4-5,18-19H2,1-3H3,(H,28,31). The number of amides is 1. The Morgan fingerprint density at radius 2 is 1.46 bits per heavy atom. The number of nitrogens with zero attached hydrogens (tertiary/aromatic N) is 2. The topological polar surface area (TPSA) is 79.0 Å². The number of nitrogens with one attached hydrogen (secondary N) is 1. The zero-order valence-corrected chi connectivity index (χ0v) is 20.9. The Balaban J connectivity index is 1.77. The largest absolute Gasteiger partial charge is 0.497 e. The molecule has 0 aromatic heterocycles. The predicted octanol–water partition coefficient (Wildman–Crippen LogP) is 4.19. The summed E-state index contributed by atoms with van der Waals surface area (Å²) in [5, 5.41) is 2.78. The number of sulfonamides is 1. The average molecular weight is 500 g/mol. The van der Waals surface area contributed by atoms with Crippen LogP contribution in [0.15, 0.2) is 77.7 Å². The van der Waals surface area contributed by atoms with Crippen molar-refractivity contribution >= 4 is 27.3 Å². The molecule has 1 amide bonds. The van der Waals surface area contributed by atoms with E-state index in [2.05, 4.69) is 24.1 Å². The minimum atomic E-state index is -4.10. The van der Waals surface area contributed by atoms with Crippen molar-refractivity contribution in [2.24, 2.45) is 0 Å². The summed E-state index contributed by atoms with van der Waals surface area (Å²) in [6, 6.07) is 18.7. The van der Waals surface area contributed by atoms with Crippen LogP contribution in [0, 0.1) is 5.82 Å². The van der Waals surface area contributed by atoms with Gasteiger partial charge in [0.05, 0.1) is 17.7 Å². The van der Waals surface area contributed by atoms with Crippen LogP contribution in [0.3, 0.4) is 0 Å². The maximum atomic E-state index is 13.5. The molecule has 0 unspecified atom stereocenters. The smallest absolute Gasteiger partial charge is 0.264 e. The molecular formula is C26H30FN3O4S. The Labute approximate surface area is 206 Å². The molecule has 3 aromatic rings. The summed E-state index contributed by atoms with van der Waals surface area (Å²) in [7, 11) is -2.62. The molecule has 0 saturated carbocycles. The molecule has 0 aliphatic carbocycles. The van der Waals surface area contributed by atoms with Crippen LogP contribution < -0.4 is 19.3 Å². The molecule has 7 nitrogen and oxygen atoms in total. The summed E-state index contributed by atoms with van der Waals surface area (Å²) < 4.78 is 46.3. The lowest BCUT2D eigenvalue weighted by Crippen LogP contribution is -2.40. The molecule has 0 heterocycles. The van der Waals surface area contributed by atoms with Crippen LogP contribution in [0.5, 0.6) is 5.75 Å². The summed E-state index contributed by atoms with van der Waals surface area (Å²) in [4.78, 5) is 15.0. The first kappa shape index (κ1) is 26.0. The summed E-state index contributed by atoms with van der Waals surface area (Å²) in [6.07, 6.45) is 0. The lowest BCUT2D eigenvalue weighted by molar-refractivity contribution is -0.119. The molecule has 0 bridgehead atoms. The van der Waals surface area contributed by atoms with Gasteiger partial charge >= 0.3 is 0 Å². The Bertz CT molecular complexity index is 1210. The average Bonchev–Trinajstić information content (AvgIpc) is 2.88. The molecule has 3 aromatic carbocycles. The van der Waals surface area contributed by atoms with Crippen LogP contribution in [-0.2, 0) is 21.4 Å². The first-order valence-corrected chi connectivity index (χ1v) is 12.8. The second-order valence-corrected chi connectivity index (χ2v) is 9.64. The molecule has 0 saturated heterocycles. The number of carbonyl (C=O) groups is 1. The highest BCUT2D eigenvalue weighted by Crippen LogP contribution is 2.25. The van der Waals surface area contributed by atoms with Crippen molar-refractivity contribution < 1.29 is 22.3 Å². The van der Waals surface area contributed by atoms with Gasteiger partial charge in [-0.15, -0.1) is 0 Å². The highest BCUT2D eigenvalue weighted by atomic mass is 32.2. The van der Waals surface area contributed by atoms with Gasteiger partial charge in [0.15, 0.2) is 0 Å². The Kier molecular flexibility index (Phi) is 8.70. The van der Waals surface area contributed by atoms with Crippen LogP contribution in [0.1, 0.15) is 19.4 Å². The number of ether oxygens (including phenoxy) is 1. The third kappa shape index (κ3) is 6.51. The van der Waals surface area contributed by atoms with E-state index in [9.17, 15) is 17.6 Å². The summed E-state index contributed by atoms with van der Waals surface area (Å²) >= 11 is 0.